The lowest BCUT2D eigenvalue weighted by Crippen LogP contribution is -2.24. The Morgan fingerprint density at radius 1 is 1.56 bits per heavy atom. The summed E-state index contributed by atoms with van der Waals surface area (Å²) in [5, 5.41) is 17.8. The zero-order valence-corrected chi connectivity index (χ0v) is 12.0. The molecule has 1 heterocycles. The van der Waals surface area contributed by atoms with Gasteiger partial charge in [-0.05, 0) is 26.8 Å². The lowest BCUT2D eigenvalue weighted by atomic mass is 10.2. The summed E-state index contributed by atoms with van der Waals surface area (Å²) in [6.45, 7) is 6.49. The third-order valence-electron chi connectivity index (χ3n) is 2.76. The molecule has 1 atom stereocenters. The molecule has 1 aromatic heterocycles. The van der Waals surface area contributed by atoms with Crippen molar-refractivity contribution >= 4 is 11.6 Å². The van der Waals surface area contributed by atoms with Crippen molar-refractivity contribution in [2.75, 3.05) is 20.3 Å². The van der Waals surface area contributed by atoms with Crippen LogP contribution in [0.4, 0.5) is 0 Å². The molecule has 18 heavy (non-hydrogen) atoms. The van der Waals surface area contributed by atoms with Crippen molar-refractivity contribution in [1.29, 1.82) is 0 Å². The number of aryl methyl sites for hydroxylation is 2. The van der Waals surface area contributed by atoms with Crippen molar-refractivity contribution in [1.82, 2.24) is 15.1 Å². The first-order valence-corrected chi connectivity index (χ1v) is 6.57. The largest absolute Gasteiger partial charge is 0.391 e. The molecule has 1 aromatic rings. The van der Waals surface area contributed by atoms with Crippen LogP contribution in [0, 0.1) is 6.92 Å². The normalized spacial score (nSPS) is 12.9. The molecule has 104 valence electrons. The molecule has 0 saturated heterocycles. The van der Waals surface area contributed by atoms with E-state index >= 15 is 0 Å². The van der Waals surface area contributed by atoms with Gasteiger partial charge >= 0.3 is 0 Å². The van der Waals surface area contributed by atoms with Gasteiger partial charge in [0.2, 0.25) is 0 Å². The number of ether oxygens (including phenoxy) is 1. The van der Waals surface area contributed by atoms with Gasteiger partial charge in [0, 0.05) is 20.2 Å². The zero-order chi connectivity index (χ0) is 13.5. The summed E-state index contributed by atoms with van der Waals surface area (Å²) in [5.41, 5.74) is 1.85. The van der Waals surface area contributed by atoms with E-state index in [0.717, 1.165) is 29.5 Å². The summed E-state index contributed by atoms with van der Waals surface area (Å²) in [7, 11) is 1.58. The third-order valence-corrected chi connectivity index (χ3v) is 3.25. The SMILES string of the molecule is CCn1nc(C)c(Cl)c1CNCCC(O)COC. The van der Waals surface area contributed by atoms with Crippen molar-refractivity contribution in [2.45, 2.75) is 39.5 Å². The van der Waals surface area contributed by atoms with Crippen molar-refractivity contribution in [3.8, 4) is 0 Å². The molecule has 1 unspecified atom stereocenters. The van der Waals surface area contributed by atoms with E-state index in [-0.39, 0.29) is 0 Å². The number of rotatable bonds is 8. The highest BCUT2D eigenvalue weighted by Crippen LogP contribution is 2.19. The molecule has 0 aliphatic rings. The fourth-order valence-electron chi connectivity index (χ4n) is 1.79. The van der Waals surface area contributed by atoms with Gasteiger partial charge in [-0.2, -0.15) is 5.10 Å². The summed E-state index contributed by atoms with van der Waals surface area (Å²) in [6.07, 6.45) is 0.237. The van der Waals surface area contributed by atoms with Crippen LogP contribution in [0.3, 0.4) is 0 Å². The molecule has 0 spiro atoms. The first-order valence-electron chi connectivity index (χ1n) is 6.19. The molecule has 6 heteroatoms. The Hall–Kier alpha value is -0.620. The van der Waals surface area contributed by atoms with Crippen molar-refractivity contribution in [3.63, 3.8) is 0 Å². The van der Waals surface area contributed by atoms with Crippen molar-refractivity contribution in [2.24, 2.45) is 0 Å². The molecule has 0 aliphatic heterocycles. The van der Waals surface area contributed by atoms with Crippen LogP contribution in [0.25, 0.3) is 0 Å². The van der Waals surface area contributed by atoms with Gasteiger partial charge in [-0.15, -0.1) is 0 Å². The first kappa shape index (κ1) is 15.4. The van der Waals surface area contributed by atoms with Gasteiger partial charge in [-0.3, -0.25) is 4.68 Å². The van der Waals surface area contributed by atoms with Crippen molar-refractivity contribution in [3.05, 3.63) is 16.4 Å². The Morgan fingerprint density at radius 2 is 2.28 bits per heavy atom. The van der Waals surface area contributed by atoms with Crippen LogP contribution < -0.4 is 5.32 Å². The summed E-state index contributed by atoms with van der Waals surface area (Å²) in [4.78, 5) is 0. The van der Waals surface area contributed by atoms with Gasteiger partial charge in [0.15, 0.2) is 0 Å². The maximum Gasteiger partial charge on any atom is 0.0860 e. The van der Waals surface area contributed by atoms with Crippen LogP contribution in [-0.2, 0) is 17.8 Å². The number of aliphatic hydroxyl groups excluding tert-OH is 1. The Morgan fingerprint density at radius 3 is 2.89 bits per heavy atom. The molecule has 0 fully saturated rings. The highest BCUT2D eigenvalue weighted by Gasteiger charge is 2.11. The van der Waals surface area contributed by atoms with Crippen LogP contribution in [0.5, 0.6) is 0 Å². The summed E-state index contributed by atoms with van der Waals surface area (Å²) in [5.74, 6) is 0. The van der Waals surface area contributed by atoms with Crippen LogP contribution in [-0.4, -0.2) is 41.3 Å². The van der Waals surface area contributed by atoms with Crippen molar-refractivity contribution < 1.29 is 9.84 Å². The van der Waals surface area contributed by atoms with E-state index in [1.54, 1.807) is 7.11 Å². The van der Waals surface area contributed by atoms with Crippen LogP contribution in [0.2, 0.25) is 5.02 Å². The maximum atomic E-state index is 9.50. The molecule has 0 bridgehead atoms. The fourth-order valence-corrected chi connectivity index (χ4v) is 1.99. The third kappa shape index (κ3) is 4.24. The Kier molecular flexibility index (Phi) is 6.63. The topological polar surface area (TPSA) is 59.3 Å². The molecule has 0 aliphatic carbocycles. The van der Waals surface area contributed by atoms with E-state index in [2.05, 4.69) is 10.4 Å². The number of nitrogens with one attached hydrogen (secondary N) is 1. The van der Waals surface area contributed by atoms with Crippen LogP contribution >= 0.6 is 11.6 Å². The maximum absolute atomic E-state index is 9.50. The number of methoxy groups -OCH3 is 1. The predicted octanol–water partition coefficient (Wildman–Crippen LogP) is 1.35. The fraction of sp³-hybridized carbons (Fsp3) is 0.750. The van der Waals surface area contributed by atoms with E-state index in [4.69, 9.17) is 16.3 Å². The summed E-state index contributed by atoms with van der Waals surface area (Å²) >= 11 is 6.19. The number of hydrogen-bond acceptors (Lipinski definition) is 4. The minimum Gasteiger partial charge on any atom is -0.391 e. The summed E-state index contributed by atoms with van der Waals surface area (Å²) in [6, 6.07) is 0. The number of halogens is 1. The van der Waals surface area contributed by atoms with Gasteiger partial charge < -0.3 is 15.2 Å². The molecule has 0 amide bonds. The Labute approximate surface area is 113 Å². The second-order valence-electron chi connectivity index (χ2n) is 4.24. The van der Waals surface area contributed by atoms with E-state index in [0.29, 0.717) is 19.6 Å². The first-order chi connectivity index (χ1) is 8.60. The number of aromatic nitrogens is 2. The second-order valence-corrected chi connectivity index (χ2v) is 4.61. The monoisotopic (exact) mass is 275 g/mol. The lowest BCUT2D eigenvalue weighted by Gasteiger charge is -2.11. The quantitative estimate of drug-likeness (QED) is 0.703. The van der Waals surface area contributed by atoms with E-state index in [1.807, 2.05) is 18.5 Å². The van der Waals surface area contributed by atoms with Gasteiger partial charge in [-0.25, -0.2) is 0 Å². The lowest BCUT2D eigenvalue weighted by molar-refractivity contribution is 0.0594. The number of hydrogen-bond donors (Lipinski definition) is 2. The standard InChI is InChI=1S/C12H22ClN3O2/c1-4-16-11(12(13)9(2)15-16)7-14-6-5-10(17)8-18-3/h10,14,17H,4-8H2,1-3H3. The molecule has 1 rings (SSSR count). The smallest absolute Gasteiger partial charge is 0.0860 e. The van der Waals surface area contributed by atoms with E-state index in [9.17, 15) is 5.11 Å². The van der Waals surface area contributed by atoms with Gasteiger partial charge in [0.25, 0.3) is 0 Å². The average molecular weight is 276 g/mol. The molecule has 5 nitrogen and oxygen atoms in total. The van der Waals surface area contributed by atoms with Crippen LogP contribution in [0.1, 0.15) is 24.7 Å². The molecule has 0 aromatic carbocycles. The molecule has 2 N–H and O–H groups in total. The molecule has 0 radical (unpaired) electrons. The summed E-state index contributed by atoms with van der Waals surface area (Å²) < 4.78 is 6.76. The van der Waals surface area contributed by atoms with Gasteiger partial charge in [-0.1, -0.05) is 11.6 Å². The van der Waals surface area contributed by atoms with E-state index in [1.165, 1.54) is 0 Å². The second kappa shape index (κ2) is 7.74. The average Bonchev–Trinajstić information content (AvgIpc) is 2.62. The minimum atomic E-state index is -0.421. The number of aliphatic hydroxyl groups is 1. The Bertz CT molecular complexity index is 368. The van der Waals surface area contributed by atoms with Gasteiger partial charge in [0.05, 0.1) is 29.1 Å². The molecular weight excluding hydrogens is 254 g/mol. The molecule has 0 saturated carbocycles. The Balaban J connectivity index is 2.39. The zero-order valence-electron chi connectivity index (χ0n) is 11.2. The highest BCUT2D eigenvalue weighted by atomic mass is 35.5. The van der Waals surface area contributed by atoms with Gasteiger partial charge in [0.1, 0.15) is 0 Å². The number of nitrogens with zero attached hydrogens (tertiary/aromatic N) is 2. The van der Waals surface area contributed by atoms with E-state index < -0.39 is 6.10 Å². The molecular formula is C12H22ClN3O2. The highest BCUT2D eigenvalue weighted by molar-refractivity contribution is 6.31. The predicted molar refractivity (Wildman–Crippen MR) is 71.9 cm³/mol. The minimum absolute atomic E-state index is 0.369. The van der Waals surface area contributed by atoms with Crippen LogP contribution in [0.15, 0.2) is 0 Å².